The minimum absolute atomic E-state index is 0.141. The third kappa shape index (κ3) is 13.9. The summed E-state index contributed by atoms with van der Waals surface area (Å²) in [6, 6.07) is 2.66. The van der Waals surface area contributed by atoms with Crippen LogP contribution in [0.2, 0.25) is 0 Å². The van der Waals surface area contributed by atoms with Crippen molar-refractivity contribution in [2.75, 3.05) is 13.1 Å². The Morgan fingerprint density at radius 2 is 1.07 bits per heavy atom. The monoisotopic (exact) mass is 630 g/mol. The summed E-state index contributed by atoms with van der Waals surface area (Å²) in [4.78, 5) is 2.84. The molecule has 4 N–H and O–H groups in total. The molecule has 0 radical (unpaired) electrons. The Labute approximate surface area is 279 Å². The summed E-state index contributed by atoms with van der Waals surface area (Å²) in [6.07, 6.45) is 37.4. The topological polar surface area (TPSA) is 67.8 Å². The van der Waals surface area contributed by atoms with Crippen molar-refractivity contribution in [1.82, 2.24) is 15.5 Å². The molecule has 5 nitrogen and oxygen atoms in total. The molecule has 0 saturated carbocycles. The summed E-state index contributed by atoms with van der Waals surface area (Å²) in [5.74, 6) is 0.825. The SMILES string of the molecule is C[C@@H]1N[C@H](CCCCCCCCCCC2=C[C@H](CCCCCCCCCC[C@H]3CC[C@H](O)[C@@H](C)N3)[C@H]3CCCN3C2)CC[C@@H]1O. The van der Waals surface area contributed by atoms with Gasteiger partial charge in [0.25, 0.3) is 0 Å². The van der Waals surface area contributed by atoms with Gasteiger partial charge < -0.3 is 20.8 Å². The number of hydrogen-bond acceptors (Lipinski definition) is 5. The van der Waals surface area contributed by atoms with E-state index in [4.69, 9.17) is 0 Å². The van der Waals surface area contributed by atoms with Gasteiger partial charge in [0.05, 0.1) is 12.2 Å². The summed E-state index contributed by atoms with van der Waals surface area (Å²) in [7, 11) is 0. The average Bonchev–Trinajstić information content (AvgIpc) is 3.51. The van der Waals surface area contributed by atoms with Gasteiger partial charge in [-0.05, 0) is 96.9 Å². The smallest absolute Gasteiger partial charge is 0.0691 e. The van der Waals surface area contributed by atoms with Crippen molar-refractivity contribution in [2.45, 2.75) is 223 Å². The fraction of sp³-hybridized carbons (Fsp3) is 0.950. The number of piperidine rings is 2. The fourth-order valence-electron chi connectivity index (χ4n) is 9.17. The quantitative estimate of drug-likeness (QED) is 0.0712. The zero-order valence-corrected chi connectivity index (χ0v) is 29.8. The first-order valence-corrected chi connectivity index (χ1v) is 20.3. The number of fused-ring (bicyclic) bond motifs is 1. The lowest BCUT2D eigenvalue weighted by molar-refractivity contribution is 0.0848. The van der Waals surface area contributed by atoms with Crippen LogP contribution in [0, 0.1) is 5.92 Å². The van der Waals surface area contributed by atoms with Gasteiger partial charge in [0, 0.05) is 36.8 Å². The van der Waals surface area contributed by atoms with E-state index in [1.807, 2.05) is 0 Å². The minimum atomic E-state index is -0.142. The molecule has 0 amide bonds. The maximum absolute atomic E-state index is 9.89. The predicted molar refractivity (Wildman–Crippen MR) is 192 cm³/mol. The maximum Gasteiger partial charge on any atom is 0.0691 e. The largest absolute Gasteiger partial charge is 0.392 e. The molecule has 5 heteroatoms. The molecule has 0 aliphatic carbocycles. The fourth-order valence-corrected chi connectivity index (χ4v) is 9.17. The molecule has 45 heavy (non-hydrogen) atoms. The number of aliphatic hydroxyl groups excluding tert-OH is 2. The van der Waals surface area contributed by atoms with Crippen molar-refractivity contribution in [3.8, 4) is 0 Å². The molecular formula is C40H75N3O2. The Morgan fingerprint density at radius 1 is 0.600 bits per heavy atom. The van der Waals surface area contributed by atoms with E-state index in [2.05, 4.69) is 35.5 Å². The van der Waals surface area contributed by atoms with E-state index in [1.165, 1.54) is 154 Å². The van der Waals surface area contributed by atoms with E-state index >= 15 is 0 Å². The van der Waals surface area contributed by atoms with Gasteiger partial charge in [0.2, 0.25) is 0 Å². The van der Waals surface area contributed by atoms with E-state index in [-0.39, 0.29) is 24.3 Å². The standard InChI is InChI=1S/C40H75N3O2/c1-32-39(44)27-25-36(41-32)22-17-13-9-5-3-7-11-15-20-34-30-35(38-24-19-29-43(38)31-34)21-16-12-8-4-6-10-14-18-23-37-26-28-40(45)33(2)42-37/h30,32-33,35-42,44-45H,3-29,31H2,1-2H3/t32-,33+,35-,36+,37-,38+,39-,40-/m0/s1. The number of nitrogens with one attached hydrogen (secondary N) is 2. The molecule has 3 saturated heterocycles. The van der Waals surface area contributed by atoms with Crippen LogP contribution in [0.15, 0.2) is 11.6 Å². The molecule has 0 aromatic heterocycles. The molecule has 4 aliphatic rings. The Hall–Kier alpha value is -0.460. The summed E-state index contributed by atoms with van der Waals surface area (Å²) < 4.78 is 0. The minimum Gasteiger partial charge on any atom is -0.392 e. The van der Waals surface area contributed by atoms with E-state index in [9.17, 15) is 10.2 Å². The first kappa shape index (κ1) is 37.4. The predicted octanol–water partition coefficient (Wildman–Crippen LogP) is 8.81. The third-order valence-electron chi connectivity index (χ3n) is 12.2. The highest BCUT2D eigenvalue weighted by molar-refractivity contribution is 5.15. The second-order valence-corrected chi connectivity index (χ2v) is 16.0. The molecule has 3 fully saturated rings. The van der Waals surface area contributed by atoms with E-state index < -0.39 is 0 Å². The van der Waals surface area contributed by atoms with Crippen LogP contribution in [-0.2, 0) is 0 Å². The molecule has 0 aromatic rings. The molecule has 0 aromatic carbocycles. The highest BCUT2D eigenvalue weighted by atomic mass is 16.3. The van der Waals surface area contributed by atoms with Gasteiger partial charge in [-0.25, -0.2) is 0 Å². The second kappa shape index (κ2) is 21.5. The van der Waals surface area contributed by atoms with Crippen LogP contribution in [0.4, 0.5) is 0 Å². The summed E-state index contributed by atoms with van der Waals surface area (Å²) in [5.41, 5.74) is 1.77. The van der Waals surface area contributed by atoms with Crippen LogP contribution < -0.4 is 10.6 Å². The molecule has 4 rings (SSSR count). The van der Waals surface area contributed by atoms with Crippen molar-refractivity contribution >= 4 is 0 Å². The lowest BCUT2D eigenvalue weighted by atomic mass is 9.85. The number of rotatable bonds is 22. The van der Waals surface area contributed by atoms with Crippen molar-refractivity contribution in [2.24, 2.45) is 5.92 Å². The van der Waals surface area contributed by atoms with Gasteiger partial charge >= 0.3 is 0 Å². The van der Waals surface area contributed by atoms with E-state index in [0.29, 0.717) is 12.1 Å². The highest BCUT2D eigenvalue weighted by Crippen LogP contribution is 2.35. The summed E-state index contributed by atoms with van der Waals surface area (Å²) >= 11 is 0. The first-order valence-electron chi connectivity index (χ1n) is 20.3. The van der Waals surface area contributed by atoms with Gasteiger partial charge in [0.1, 0.15) is 0 Å². The van der Waals surface area contributed by atoms with Crippen LogP contribution in [0.3, 0.4) is 0 Å². The molecular weight excluding hydrogens is 554 g/mol. The molecule has 0 bridgehead atoms. The van der Waals surface area contributed by atoms with E-state index in [1.54, 1.807) is 5.57 Å². The molecule has 4 aliphatic heterocycles. The second-order valence-electron chi connectivity index (χ2n) is 16.0. The molecule has 4 heterocycles. The van der Waals surface area contributed by atoms with Gasteiger partial charge in [0.15, 0.2) is 0 Å². The van der Waals surface area contributed by atoms with Crippen molar-refractivity contribution in [3.05, 3.63) is 11.6 Å². The maximum atomic E-state index is 9.89. The number of aliphatic hydroxyl groups is 2. The zero-order valence-electron chi connectivity index (χ0n) is 29.8. The van der Waals surface area contributed by atoms with E-state index in [0.717, 1.165) is 37.6 Å². The van der Waals surface area contributed by atoms with Crippen molar-refractivity contribution in [1.29, 1.82) is 0 Å². The van der Waals surface area contributed by atoms with Gasteiger partial charge in [-0.1, -0.05) is 108 Å². The lowest BCUT2D eigenvalue weighted by Crippen LogP contribution is -2.48. The Morgan fingerprint density at radius 3 is 1.58 bits per heavy atom. The number of hydrogen-bond donors (Lipinski definition) is 4. The van der Waals surface area contributed by atoms with Crippen LogP contribution in [-0.4, -0.2) is 70.6 Å². The van der Waals surface area contributed by atoms with Gasteiger partial charge in [-0.2, -0.15) is 0 Å². The van der Waals surface area contributed by atoms with Crippen LogP contribution in [0.5, 0.6) is 0 Å². The molecule has 262 valence electrons. The summed E-state index contributed by atoms with van der Waals surface area (Å²) in [6.45, 7) is 6.86. The van der Waals surface area contributed by atoms with Crippen molar-refractivity contribution in [3.63, 3.8) is 0 Å². The number of nitrogens with zero attached hydrogens (tertiary/aromatic N) is 1. The van der Waals surface area contributed by atoms with Crippen LogP contribution in [0.1, 0.15) is 181 Å². The third-order valence-corrected chi connectivity index (χ3v) is 12.2. The Kier molecular flexibility index (Phi) is 17.8. The highest BCUT2D eigenvalue weighted by Gasteiger charge is 2.34. The molecule has 0 unspecified atom stereocenters. The Bertz CT molecular complexity index is 804. The zero-order chi connectivity index (χ0) is 31.7. The first-order chi connectivity index (χ1) is 22.0. The lowest BCUT2D eigenvalue weighted by Gasteiger charge is -2.36. The van der Waals surface area contributed by atoms with Gasteiger partial charge in [-0.15, -0.1) is 0 Å². The van der Waals surface area contributed by atoms with Crippen LogP contribution in [0.25, 0.3) is 0 Å². The Balaban J connectivity index is 0.963. The van der Waals surface area contributed by atoms with Crippen molar-refractivity contribution < 1.29 is 10.2 Å². The normalized spacial score (nSPS) is 32.5. The molecule has 8 atom stereocenters. The average molecular weight is 630 g/mol. The summed E-state index contributed by atoms with van der Waals surface area (Å²) in [5, 5.41) is 27.0. The number of unbranched alkanes of at least 4 members (excludes halogenated alkanes) is 14. The van der Waals surface area contributed by atoms with Crippen LogP contribution >= 0.6 is 0 Å². The molecule has 0 spiro atoms. The van der Waals surface area contributed by atoms with Gasteiger partial charge in [-0.3, -0.25) is 4.90 Å².